The molecule has 0 saturated carbocycles. The predicted octanol–water partition coefficient (Wildman–Crippen LogP) is 2.92. The molecule has 1 aromatic rings. The van der Waals surface area contributed by atoms with Crippen LogP contribution in [0.4, 0.5) is 0 Å². The van der Waals surface area contributed by atoms with Crippen molar-refractivity contribution in [2.45, 2.75) is 37.6 Å². The summed E-state index contributed by atoms with van der Waals surface area (Å²) in [4.78, 5) is 0.275. The maximum atomic E-state index is 12.1. The van der Waals surface area contributed by atoms with Crippen LogP contribution in [0.1, 0.15) is 27.2 Å². The van der Waals surface area contributed by atoms with Gasteiger partial charge in [0.2, 0.25) is 10.0 Å². The van der Waals surface area contributed by atoms with E-state index in [-0.39, 0.29) is 4.90 Å². The van der Waals surface area contributed by atoms with Gasteiger partial charge in [-0.2, -0.15) is 0 Å². The fourth-order valence-electron chi connectivity index (χ4n) is 1.15. The Balaban J connectivity index is 3.09. The molecule has 3 nitrogen and oxygen atoms in total. The van der Waals surface area contributed by atoms with E-state index in [2.05, 4.69) is 20.7 Å². The van der Waals surface area contributed by atoms with E-state index in [0.29, 0.717) is 4.47 Å². The van der Waals surface area contributed by atoms with E-state index in [9.17, 15) is 8.42 Å². The summed E-state index contributed by atoms with van der Waals surface area (Å²) in [5.41, 5.74) is -0.436. The van der Waals surface area contributed by atoms with Crippen LogP contribution in [0.5, 0.6) is 0 Å². The maximum Gasteiger partial charge on any atom is 0.242 e. The number of nitrogens with one attached hydrogen (secondary N) is 1. The van der Waals surface area contributed by atoms with Crippen molar-refractivity contribution in [1.82, 2.24) is 4.72 Å². The van der Waals surface area contributed by atoms with Crippen molar-refractivity contribution in [3.05, 3.63) is 28.7 Å². The van der Waals surface area contributed by atoms with Crippen LogP contribution in [0.3, 0.4) is 0 Å². The van der Waals surface area contributed by atoms with E-state index in [1.165, 1.54) is 0 Å². The lowest BCUT2D eigenvalue weighted by molar-refractivity contribution is 0.439. The number of sulfonamides is 1. The molecule has 0 aliphatic heterocycles. The fraction of sp³-hybridized carbons (Fsp3) is 0.455. The zero-order chi connectivity index (χ0) is 12.4. The minimum Gasteiger partial charge on any atom is -0.207 e. The van der Waals surface area contributed by atoms with Crippen molar-refractivity contribution < 1.29 is 8.42 Å². The Morgan fingerprint density at radius 3 is 2.38 bits per heavy atom. The second kappa shape index (κ2) is 4.85. The molecule has 0 amide bonds. The molecule has 0 aliphatic rings. The molecule has 90 valence electrons. The summed E-state index contributed by atoms with van der Waals surface area (Å²) in [6.07, 6.45) is 0.733. The average molecular weight is 306 g/mol. The highest BCUT2D eigenvalue weighted by Gasteiger charge is 2.25. The Bertz CT molecular complexity index is 469. The van der Waals surface area contributed by atoms with Crippen LogP contribution in [-0.4, -0.2) is 14.0 Å². The van der Waals surface area contributed by atoms with Gasteiger partial charge in [0, 0.05) is 10.0 Å². The number of halogens is 1. The van der Waals surface area contributed by atoms with Crippen molar-refractivity contribution in [3.8, 4) is 0 Å². The van der Waals surface area contributed by atoms with Crippen molar-refractivity contribution in [3.63, 3.8) is 0 Å². The van der Waals surface area contributed by atoms with Gasteiger partial charge in [0.25, 0.3) is 0 Å². The first kappa shape index (κ1) is 13.7. The highest BCUT2D eigenvalue weighted by molar-refractivity contribution is 9.10. The first-order chi connectivity index (χ1) is 7.28. The van der Waals surface area contributed by atoms with Gasteiger partial charge < -0.3 is 0 Å². The van der Waals surface area contributed by atoms with Crippen molar-refractivity contribution in [2.24, 2.45) is 0 Å². The Labute approximate surface area is 105 Å². The molecule has 16 heavy (non-hydrogen) atoms. The minimum absolute atomic E-state index is 0.275. The average Bonchev–Trinajstić information content (AvgIpc) is 2.16. The number of hydrogen-bond acceptors (Lipinski definition) is 2. The summed E-state index contributed by atoms with van der Waals surface area (Å²) in [7, 11) is -3.46. The maximum absolute atomic E-state index is 12.1. The third-order valence-corrected chi connectivity index (χ3v) is 5.13. The Hall–Kier alpha value is -0.390. The van der Waals surface area contributed by atoms with Gasteiger partial charge >= 0.3 is 0 Å². The zero-order valence-corrected chi connectivity index (χ0v) is 12.0. The van der Waals surface area contributed by atoms with Gasteiger partial charge in [-0.05, 0) is 48.3 Å². The quantitative estimate of drug-likeness (QED) is 0.929. The van der Waals surface area contributed by atoms with E-state index in [0.717, 1.165) is 6.42 Å². The largest absolute Gasteiger partial charge is 0.242 e. The van der Waals surface area contributed by atoms with Gasteiger partial charge in [-0.3, -0.25) is 0 Å². The molecule has 1 N–H and O–H groups in total. The Morgan fingerprint density at radius 2 is 1.88 bits per heavy atom. The van der Waals surface area contributed by atoms with Gasteiger partial charge in [0.15, 0.2) is 0 Å². The number of benzene rings is 1. The second-order valence-corrected chi connectivity index (χ2v) is 6.78. The summed E-state index contributed by atoms with van der Waals surface area (Å²) in [5, 5.41) is 0. The Morgan fingerprint density at radius 1 is 1.31 bits per heavy atom. The molecule has 0 aliphatic carbocycles. The fourth-order valence-corrected chi connectivity index (χ4v) is 3.64. The molecule has 0 unspecified atom stereocenters. The predicted molar refractivity (Wildman–Crippen MR) is 68.8 cm³/mol. The molecule has 0 spiro atoms. The smallest absolute Gasteiger partial charge is 0.207 e. The van der Waals surface area contributed by atoms with Crippen LogP contribution < -0.4 is 4.72 Å². The van der Waals surface area contributed by atoms with Gasteiger partial charge in [-0.1, -0.05) is 19.1 Å². The molecule has 0 fully saturated rings. The van der Waals surface area contributed by atoms with E-state index in [1.807, 2.05) is 20.8 Å². The first-order valence-electron chi connectivity index (χ1n) is 5.07. The monoisotopic (exact) mass is 305 g/mol. The Kier molecular flexibility index (Phi) is 4.15. The second-order valence-electron chi connectivity index (χ2n) is 4.27. The van der Waals surface area contributed by atoms with E-state index in [1.54, 1.807) is 24.3 Å². The lowest BCUT2D eigenvalue weighted by Crippen LogP contribution is -2.42. The first-order valence-corrected chi connectivity index (χ1v) is 7.34. The van der Waals surface area contributed by atoms with Gasteiger partial charge in [0.05, 0.1) is 4.90 Å². The van der Waals surface area contributed by atoms with Crippen LogP contribution >= 0.6 is 15.9 Å². The molecule has 5 heteroatoms. The molecule has 0 heterocycles. The van der Waals surface area contributed by atoms with Crippen LogP contribution in [-0.2, 0) is 10.0 Å². The standard InChI is InChI=1S/C11H16BrNO2S/c1-4-11(2,3)13-16(14,15)10-8-6-5-7-9(10)12/h5-8,13H,4H2,1-3H3. The van der Waals surface area contributed by atoms with E-state index < -0.39 is 15.6 Å². The molecule has 1 rings (SSSR count). The van der Waals surface area contributed by atoms with Crippen LogP contribution in [0.15, 0.2) is 33.6 Å². The molecule has 0 bridgehead atoms. The van der Waals surface area contributed by atoms with E-state index in [4.69, 9.17) is 0 Å². The van der Waals surface area contributed by atoms with Crippen molar-refractivity contribution in [2.75, 3.05) is 0 Å². The molecule has 0 aromatic heterocycles. The summed E-state index contributed by atoms with van der Waals surface area (Å²) < 4.78 is 27.4. The molecular weight excluding hydrogens is 290 g/mol. The van der Waals surface area contributed by atoms with Crippen LogP contribution in [0.2, 0.25) is 0 Å². The molecule has 0 atom stereocenters. The highest BCUT2D eigenvalue weighted by Crippen LogP contribution is 2.23. The van der Waals surface area contributed by atoms with Crippen LogP contribution in [0, 0.1) is 0 Å². The lowest BCUT2D eigenvalue weighted by atomic mass is 10.0. The van der Waals surface area contributed by atoms with Gasteiger partial charge in [-0.15, -0.1) is 0 Å². The third kappa shape index (κ3) is 3.30. The number of rotatable bonds is 4. The normalized spacial score (nSPS) is 12.8. The molecule has 0 saturated heterocycles. The lowest BCUT2D eigenvalue weighted by Gasteiger charge is -2.24. The summed E-state index contributed by atoms with van der Waals surface area (Å²) >= 11 is 3.24. The highest BCUT2D eigenvalue weighted by atomic mass is 79.9. The van der Waals surface area contributed by atoms with Gasteiger partial charge in [-0.25, -0.2) is 13.1 Å². The molecule has 0 radical (unpaired) electrons. The molecular formula is C11H16BrNO2S. The van der Waals surface area contributed by atoms with Crippen LogP contribution in [0.25, 0.3) is 0 Å². The zero-order valence-electron chi connectivity index (χ0n) is 9.62. The van der Waals surface area contributed by atoms with E-state index >= 15 is 0 Å². The summed E-state index contributed by atoms with van der Waals surface area (Å²) in [5.74, 6) is 0. The van der Waals surface area contributed by atoms with Gasteiger partial charge in [0.1, 0.15) is 0 Å². The van der Waals surface area contributed by atoms with Crippen molar-refractivity contribution >= 4 is 26.0 Å². The third-order valence-electron chi connectivity index (χ3n) is 2.42. The van der Waals surface area contributed by atoms with Crippen molar-refractivity contribution in [1.29, 1.82) is 0 Å². The molecule has 1 aromatic carbocycles. The SMILES string of the molecule is CCC(C)(C)NS(=O)(=O)c1ccccc1Br. The topological polar surface area (TPSA) is 46.2 Å². The minimum atomic E-state index is -3.46. The summed E-state index contributed by atoms with van der Waals surface area (Å²) in [6.45, 7) is 5.67. The number of hydrogen-bond donors (Lipinski definition) is 1. The summed E-state index contributed by atoms with van der Waals surface area (Å²) in [6, 6.07) is 6.79.